The minimum absolute atomic E-state index is 0.00685. The van der Waals surface area contributed by atoms with E-state index in [2.05, 4.69) is 58.1 Å². The maximum atomic E-state index is 12.8. The van der Waals surface area contributed by atoms with E-state index in [0.717, 1.165) is 17.0 Å². The van der Waals surface area contributed by atoms with Gasteiger partial charge in [0.15, 0.2) is 0 Å². The Morgan fingerprint density at radius 2 is 2.00 bits per heavy atom. The average Bonchev–Trinajstić information content (AvgIpc) is 2.55. The van der Waals surface area contributed by atoms with Crippen LogP contribution in [0.15, 0.2) is 23.1 Å². The SMILES string of the molecule is CCC(C(=O)NCCC(C)C)N1C(=O)CSc2ccc(C(C)(C)C)cc21. The van der Waals surface area contributed by atoms with Crippen molar-refractivity contribution < 1.29 is 9.59 Å². The fourth-order valence-electron chi connectivity index (χ4n) is 3.07. The zero-order chi connectivity index (χ0) is 19.5. The summed E-state index contributed by atoms with van der Waals surface area (Å²) in [5.74, 6) is 0.885. The first-order chi connectivity index (χ1) is 12.1. The van der Waals surface area contributed by atoms with Crippen LogP contribution in [0.1, 0.15) is 59.9 Å². The highest BCUT2D eigenvalue weighted by Gasteiger charge is 2.34. The molecular weight excluding hydrogens is 344 g/mol. The summed E-state index contributed by atoms with van der Waals surface area (Å²) in [5, 5.41) is 3.02. The second-order valence-corrected chi connectivity index (χ2v) is 9.40. The van der Waals surface area contributed by atoms with Crippen molar-refractivity contribution in [1.82, 2.24) is 5.32 Å². The standard InChI is InChI=1S/C21H32N2O2S/c1-7-16(20(25)22-11-10-14(2)3)23-17-12-15(21(4,5)6)8-9-18(17)26-13-19(23)24/h8-9,12,14,16H,7,10-11,13H2,1-6H3,(H,22,25). The van der Waals surface area contributed by atoms with Crippen LogP contribution >= 0.6 is 11.8 Å². The van der Waals surface area contributed by atoms with Gasteiger partial charge in [-0.3, -0.25) is 14.5 Å². The quantitative estimate of drug-likeness (QED) is 0.802. The summed E-state index contributed by atoms with van der Waals surface area (Å²) in [5.41, 5.74) is 2.05. The van der Waals surface area contributed by atoms with Gasteiger partial charge in [0.05, 0.1) is 11.4 Å². The Morgan fingerprint density at radius 1 is 1.31 bits per heavy atom. The van der Waals surface area contributed by atoms with Crippen molar-refractivity contribution in [3.8, 4) is 0 Å². The Labute approximate surface area is 162 Å². The van der Waals surface area contributed by atoms with Gasteiger partial charge in [-0.25, -0.2) is 0 Å². The molecule has 1 heterocycles. The van der Waals surface area contributed by atoms with E-state index in [9.17, 15) is 9.59 Å². The average molecular weight is 377 g/mol. The predicted molar refractivity (Wildman–Crippen MR) is 110 cm³/mol. The summed E-state index contributed by atoms with van der Waals surface area (Å²) >= 11 is 1.56. The van der Waals surface area contributed by atoms with Gasteiger partial charge in [0.1, 0.15) is 6.04 Å². The maximum absolute atomic E-state index is 12.8. The molecule has 2 amide bonds. The van der Waals surface area contributed by atoms with Gasteiger partial charge in [0.2, 0.25) is 11.8 Å². The Kier molecular flexibility index (Phi) is 6.78. The van der Waals surface area contributed by atoms with Crippen molar-refractivity contribution in [1.29, 1.82) is 0 Å². The summed E-state index contributed by atoms with van der Waals surface area (Å²) in [7, 11) is 0. The minimum atomic E-state index is -0.454. The van der Waals surface area contributed by atoms with Gasteiger partial charge >= 0.3 is 0 Å². The third-order valence-corrected chi connectivity index (χ3v) is 5.77. The van der Waals surface area contributed by atoms with Crippen LogP contribution in [0.5, 0.6) is 0 Å². The Morgan fingerprint density at radius 3 is 2.58 bits per heavy atom. The molecule has 1 aliphatic rings. The van der Waals surface area contributed by atoms with Crippen molar-refractivity contribution in [2.75, 3.05) is 17.2 Å². The van der Waals surface area contributed by atoms with Crippen LogP contribution in [0, 0.1) is 5.92 Å². The van der Waals surface area contributed by atoms with Gasteiger partial charge in [-0.2, -0.15) is 0 Å². The normalized spacial score (nSPS) is 15.8. The van der Waals surface area contributed by atoms with Gasteiger partial charge in [0, 0.05) is 11.4 Å². The zero-order valence-electron chi connectivity index (χ0n) is 16.9. The second-order valence-electron chi connectivity index (χ2n) is 8.38. The van der Waals surface area contributed by atoms with Crippen molar-refractivity contribution in [3.05, 3.63) is 23.8 Å². The van der Waals surface area contributed by atoms with E-state index in [-0.39, 0.29) is 17.2 Å². The largest absolute Gasteiger partial charge is 0.354 e. The number of benzene rings is 1. The number of hydrogen-bond donors (Lipinski definition) is 1. The van der Waals surface area contributed by atoms with Gasteiger partial charge < -0.3 is 5.32 Å². The lowest BCUT2D eigenvalue weighted by atomic mass is 9.86. The molecule has 1 aromatic carbocycles. The number of nitrogens with zero attached hydrogens (tertiary/aromatic N) is 1. The first-order valence-electron chi connectivity index (χ1n) is 9.52. The van der Waals surface area contributed by atoms with Crippen molar-refractivity contribution >= 4 is 29.3 Å². The fourth-order valence-corrected chi connectivity index (χ4v) is 3.95. The summed E-state index contributed by atoms with van der Waals surface area (Å²) in [6.45, 7) is 13.4. The van der Waals surface area contributed by atoms with E-state index in [1.807, 2.05) is 6.92 Å². The van der Waals surface area contributed by atoms with Gasteiger partial charge in [-0.15, -0.1) is 11.8 Å². The molecule has 0 radical (unpaired) electrons. The van der Waals surface area contributed by atoms with Crippen LogP contribution in [-0.4, -0.2) is 30.2 Å². The second kappa shape index (κ2) is 8.47. The molecule has 2 rings (SSSR count). The van der Waals surface area contributed by atoms with Crippen molar-refractivity contribution in [3.63, 3.8) is 0 Å². The third-order valence-electron chi connectivity index (χ3n) is 4.73. The smallest absolute Gasteiger partial charge is 0.243 e. The van der Waals surface area contributed by atoms with Crippen molar-refractivity contribution in [2.45, 2.75) is 70.7 Å². The molecular formula is C21H32N2O2S. The van der Waals surface area contributed by atoms with Crippen LogP contribution in [0.4, 0.5) is 5.69 Å². The minimum Gasteiger partial charge on any atom is -0.354 e. The summed E-state index contributed by atoms with van der Waals surface area (Å²) < 4.78 is 0. The van der Waals surface area contributed by atoms with Crippen LogP contribution in [-0.2, 0) is 15.0 Å². The number of anilines is 1. The lowest BCUT2D eigenvalue weighted by molar-refractivity contribution is -0.125. The summed E-state index contributed by atoms with van der Waals surface area (Å²) in [4.78, 5) is 28.3. The molecule has 144 valence electrons. The monoisotopic (exact) mass is 376 g/mol. The molecule has 26 heavy (non-hydrogen) atoms. The lowest BCUT2D eigenvalue weighted by Gasteiger charge is -2.35. The highest BCUT2D eigenvalue weighted by molar-refractivity contribution is 8.00. The zero-order valence-corrected chi connectivity index (χ0v) is 17.7. The summed E-state index contributed by atoms with van der Waals surface area (Å²) in [6.07, 6.45) is 1.54. The summed E-state index contributed by atoms with van der Waals surface area (Å²) in [6, 6.07) is 5.85. The fraction of sp³-hybridized carbons (Fsp3) is 0.619. The third kappa shape index (κ3) is 4.81. The van der Waals surface area contributed by atoms with E-state index >= 15 is 0 Å². The van der Waals surface area contributed by atoms with Crippen molar-refractivity contribution in [2.24, 2.45) is 5.92 Å². The molecule has 5 heteroatoms. The topological polar surface area (TPSA) is 49.4 Å². The number of hydrogen-bond acceptors (Lipinski definition) is 3. The van der Waals surface area contributed by atoms with Crippen LogP contribution < -0.4 is 10.2 Å². The molecule has 0 spiro atoms. The van der Waals surface area contributed by atoms with E-state index in [0.29, 0.717) is 24.6 Å². The maximum Gasteiger partial charge on any atom is 0.243 e. The predicted octanol–water partition coefficient (Wildman–Crippen LogP) is 4.36. The molecule has 4 nitrogen and oxygen atoms in total. The molecule has 1 unspecified atom stereocenters. The Balaban J connectivity index is 2.32. The Bertz CT molecular complexity index is 664. The molecule has 1 aromatic rings. The number of fused-ring (bicyclic) bond motifs is 1. The number of thioether (sulfide) groups is 1. The van der Waals surface area contributed by atoms with Crippen LogP contribution in [0.25, 0.3) is 0 Å². The molecule has 0 saturated heterocycles. The molecule has 1 aliphatic heterocycles. The number of carbonyl (C=O) groups excluding carboxylic acids is 2. The van der Waals surface area contributed by atoms with Crippen LogP contribution in [0.3, 0.4) is 0 Å². The number of carbonyl (C=O) groups is 2. The van der Waals surface area contributed by atoms with E-state index in [1.54, 1.807) is 16.7 Å². The highest BCUT2D eigenvalue weighted by atomic mass is 32.2. The Hall–Kier alpha value is -1.49. The van der Waals surface area contributed by atoms with E-state index in [4.69, 9.17) is 0 Å². The highest BCUT2D eigenvalue weighted by Crippen LogP contribution is 2.39. The molecule has 0 aliphatic carbocycles. The van der Waals surface area contributed by atoms with E-state index in [1.165, 1.54) is 5.56 Å². The number of nitrogens with one attached hydrogen (secondary N) is 1. The van der Waals surface area contributed by atoms with Gasteiger partial charge in [-0.1, -0.05) is 47.6 Å². The molecule has 1 N–H and O–H groups in total. The molecule has 0 saturated carbocycles. The molecule has 0 aromatic heterocycles. The van der Waals surface area contributed by atoms with Crippen LogP contribution in [0.2, 0.25) is 0 Å². The molecule has 1 atom stereocenters. The van der Waals surface area contributed by atoms with Gasteiger partial charge in [-0.05, 0) is 41.9 Å². The van der Waals surface area contributed by atoms with Gasteiger partial charge in [0.25, 0.3) is 0 Å². The lowest BCUT2D eigenvalue weighted by Crippen LogP contribution is -2.51. The molecule has 0 fully saturated rings. The first-order valence-corrected chi connectivity index (χ1v) is 10.5. The number of rotatable bonds is 6. The van der Waals surface area contributed by atoms with E-state index < -0.39 is 6.04 Å². The first kappa shape index (κ1) is 20.8. The molecule has 0 bridgehead atoms. The number of amides is 2.